The Labute approximate surface area is 368 Å². The quantitative estimate of drug-likeness (QED) is 0.168. The molecule has 0 spiro atoms. The number of benzene rings is 10. The topological polar surface area (TPSA) is 52.1 Å². The first-order valence-electron chi connectivity index (χ1n) is 21.6. The van der Waals surface area contributed by atoms with Gasteiger partial charge in [-0.25, -0.2) is 9.97 Å². The summed E-state index contributed by atoms with van der Waals surface area (Å²) in [5.74, 6) is 0.670. The summed E-state index contributed by atoms with van der Waals surface area (Å²) in [6.45, 7) is 0. The normalized spacial score (nSPS) is 11.8. The molecule has 0 saturated heterocycles. The maximum Gasteiger partial charge on any atom is 0.160 e. The predicted molar refractivity (Wildman–Crippen MR) is 264 cm³/mol. The van der Waals surface area contributed by atoms with Crippen molar-refractivity contribution >= 4 is 65.4 Å². The Morgan fingerprint density at radius 3 is 1.23 bits per heavy atom. The van der Waals surface area contributed by atoms with Crippen LogP contribution in [0.1, 0.15) is 0 Å². The first-order chi connectivity index (χ1) is 31.7. The summed E-state index contributed by atoms with van der Waals surface area (Å²) in [7, 11) is 0. The summed E-state index contributed by atoms with van der Waals surface area (Å²) in [5.41, 5.74) is 14.8. The van der Waals surface area contributed by atoms with Crippen LogP contribution in [-0.4, -0.2) is 9.97 Å². The van der Waals surface area contributed by atoms with Crippen LogP contribution in [0.5, 0.6) is 0 Å². The molecule has 4 nitrogen and oxygen atoms in total. The number of rotatable bonds is 6. The number of hydrogen-bond acceptors (Lipinski definition) is 4. The highest BCUT2D eigenvalue weighted by Gasteiger charge is 2.18. The average Bonchev–Trinajstić information content (AvgIpc) is 3.95. The second kappa shape index (κ2) is 14.5. The molecule has 0 atom stereocenters. The largest absolute Gasteiger partial charge is 0.456 e. The van der Waals surface area contributed by atoms with Crippen molar-refractivity contribution in [1.29, 1.82) is 0 Å². The summed E-state index contributed by atoms with van der Waals surface area (Å²) in [6.07, 6.45) is 0. The van der Waals surface area contributed by atoms with Crippen LogP contribution >= 0.6 is 0 Å². The van der Waals surface area contributed by atoms with Gasteiger partial charge in [-0.3, -0.25) is 0 Å². The van der Waals surface area contributed by atoms with Gasteiger partial charge >= 0.3 is 0 Å². The van der Waals surface area contributed by atoms with E-state index in [9.17, 15) is 0 Å². The molecule has 4 heteroatoms. The Balaban J connectivity index is 1.03. The average molecular weight is 817 g/mol. The lowest BCUT2D eigenvalue weighted by atomic mass is 9.92. The van der Waals surface area contributed by atoms with E-state index in [0.717, 1.165) is 99.8 Å². The molecule has 298 valence electrons. The van der Waals surface area contributed by atoms with Gasteiger partial charge in [-0.05, 0) is 116 Å². The van der Waals surface area contributed by atoms with Gasteiger partial charge in [0.2, 0.25) is 0 Å². The third-order valence-electron chi connectivity index (χ3n) is 12.7. The van der Waals surface area contributed by atoms with Crippen molar-refractivity contribution in [2.45, 2.75) is 0 Å². The number of fused-ring (bicyclic) bond motifs is 10. The van der Waals surface area contributed by atoms with Gasteiger partial charge < -0.3 is 8.83 Å². The highest BCUT2D eigenvalue weighted by atomic mass is 16.3. The molecule has 0 bridgehead atoms. The first-order valence-corrected chi connectivity index (χ1v) is 21.6. The number of aromatic nitrogens is 2. The maximum atomic E-state index is 6.45. The molecule has 0 aliphatic carbocycles. The van der Waals surface area contributed by atoms with E-state index in [4.69, 9.17) is 18.8 Å². The Hall–Kier alpha value is -8.60. The van der Waals surface area contributed by atoms with E-state index in [1.165, 1.54) is 27.1 Å². The van der Waals surface area contributed by atoms with Gasteiger partial charge in [0.25, 0.3) is 0 Å². The van der Waals surface area contributed by atoms with Gasteiger partial charge in [0.1, 0.15) is 22.3 Å². The van der Waals surface area contributed by atoms with Crippen molar-refractivity contribution in [3.8, 4) is 67.3 Å². The zero-order chi connectivity index (χ0) is 42.1. The fraction of sp³-hybridized carbons (Fsp3) is 0. The second-order valence-corrected chi connectivity index (χ2v) is 16.5. The SMILES string of the molecule is c1ccc(-c2ccc(-c3cc(-c4cc(-c5ccc6oc7ccc8ccccc8c7c6c5)cc(-c5ccc6oc7ccc8ccccc8c7c6c5)c4)nc(-c4ccccc4)n3)cc2)cc1. The zero-order valence-electron chi connectivity index (χ0n) is 34.5. The Morgan fingerprint density at radius 1 is 0.250 bits per heavy atom. The molecular weight excluding hydrogens is 781 g/mol. The van der Waals surface area contributed by atoms with Crippen LogP contribution in [0.2, 0.25) is 0 Å². The van der Waals surface area contributed by atoms with Crippen molar-refractivity contribution in [2.75, 3.05) is 0 Å². The summed E-state index contributed by atoms with van der Waals surface area (Å²) >= 11 is 0. The van der Waals surface area contributed by atoms with Crippen molar-refractivity contribution in [1.82, 2.24) is 9.97 Å². The lowest BCUT2D eigenvalue weighted by Crippen LogP contribution is -1.96. The molecule has 0 fully saturated rings. The van der Waals surface area contributed by atoms with E-state index in [0.29, 0.717) is 5.82 Å². The van der Waals surface area contributed by atoms with E-state index >= 15 is 0 Å². The molecule has 0 saturated carbocycles. The molecular formula is C60H36N2O2. The Bertz CT molecular complexity index is 3770. The molecule has 10 aromatic carbocycles. The molecule has 0 N–H and O–H groups in total. The summed E-state index contributed by atoms with van der Waals surface area (Å²) in [6, 6.07) is 77.0. The third kappa shape index (κ3) is 6.07. The zero-order valence-corrected chi connectivity index (χ0v) is 34.5. The fourth-order valence-electron chi connectivity index (χ4n) is 9.49. The number of hydrogen-bond donors (Lipinski definition) is 0. The molecule has 13 aromatic rings. The van der Waals surface area contributed by atoms with Crippen LogP contribution in [0.4, 0.5) is 0 Å². The molecule has 13 rings (SSSR count). The van der Waals surface area contributed by atoms with Crippen LogP contribution in [0, 0.1) is 0 Å². The van der Waals surface area contributed by atoms with Gasteiger partial charge in [-0.1, -0.05) is 158 Å². The minimum absolute atomic E-state index is 0.670. The van der Waals surface area contributed by atoms with Crippen LogP contribution in [0.3, 0.4) is 0 Å². The maximum absolute atomic E-state index is 6.45. The Kier molecular flexibility index (Phi) is 8.18. The molecule has 0 aliphatic rings. The highest BCUT2D eigenvalue weighted by Crippen LogP contribution is 2.42. The summed E-state index contributed by atoms with van der Waals surface area (Å²) < 4.78 is 12.9. The van der Waals surface area contributed by atoms with Crippen molar-refractivity contribution in [2.24, 2.45) is 0 Å². The van der Waals surface area contributed by atoms with Crippen molar-refractivity contribution in [3.05, 3.63) is 218 Å². The van der Waals surface area contributed by atoms with Crippen molar-refractivity contribution < 1.29 is 8.83 Å². The van der Waals surface area contributed by atoms with E-state index < -0.39 is 0 Å². The third-order valence-corrected chi connectivity index (χ3v) is 12.7. The molecule has 0 unspecified atom stereocenters. The van der Waals surface area contributed by atoms with Gasteiger partial charge in [0.05, 0.1) is 11.4 Å². The fourth-order valence-corrected chi connectivity index (χ4v) is 9.49. The minimum atomic E-state index is 0.670. The smallest absolute Gasteiger partial charge is 0.160 e. The van der Waals surface area contributed by atoms with Gasteiger partial charge in [-0.2, -0.15) is 0 Å². The second-order valence-electron chi connectivity index (χ2n) is 16.5. The van der Waals surface area contributed by atoms with Gasteiger partial charge in [0, 0.05) is 38.2 Å². The lowest BCUT2D eigenvalue weighted by molar-refractivity contribution is 0.669. The van der Waals surface area contributed by atoms with Crippen LogP contribution in [0.25, 0.3) is 133 Å². The predicted octanol–water partition coefficient (Wildman–Crippen LogP) is 16.6. The van der Waals surface area contributed by atoms with E-state index in [-0.39, 0.29) is 0 Å². The highest BCUT2D eigenvalue weighted by molar-refractivity contribution is 6.20. The molecule has 3 aromatic heterocycles. The van der Waals surface area contributed by atoms with Crippen molar-refractivity contribution in [3.63, 3.8) is 0 Å². The standard InChI is InChI=1S/C60H36N2O2/c1-3-11-37(12-4-1)38-19-21-41(22-20-38)52-36-53(62-60(61-52)42-15-5-2-6-16-42)47-32-45(43-25-27-54-50(34-43)58-48-17-9-7-13-39(48)23-29-56(58)63-54)31-46(33-47)44-26-28-55-51(35-44)59-49-18-10-8-14-40(49)24-30-57(59)64-55/h1-36H. The minimum Gasteiger partial charge on any atom is -0.456 e. The van der Waals surface area contributed by atoms with Gasteiger partial charge in [-0.15, -0.1) is 0 Å². The molecule has 64 heavy (non-hydrogen) atoms. The van der Waals surface area contributed by atoms with Crippen LogP contribution < -0.4 is 0 Å². The molecule has 0 amide bonds. The van der Waals surface area contributed by atoms with E-state index in [2.05, 4.69) is 194 Å². The first kappa shape index (κ1) is 36.1. The molecule has 0 aliphatic heterocycles. The number of nitrogens with zero attached hydrogens (tertiary/aromatic N) is 2. The van der Waals surface area contributed by atoms with E-state index in [1.54, 1.807) is 0 Å². The lowest BCUT2D eigenvalue weighted by Gasteiger charge is -2.14. The van der Waals surface area contributed by atoms with Crippen LogP contribution in [0.15, 0.2) is 227 Å². The van der Waals surface area contributed by atoms with E-state index in [1.807, 2.05) is 24.3 Å². The molecule has 0 radical (unpaired) electrons. The molecule has 3 heterocycles. The number of furan rings is 2. The Morgan fingerprint density at radius 2 is 0.672 bits per heavy atom. The van der Waals surface area contributed by atoms with Crippen LogP contribution in [-0.2, 0) is 0 Å². The van der Waals surface area contributed by atoms with Gasteiger partial charge in [0.15, 0.2) is 5.82 Å². The summed E-state index contributed by atoms with van der Waals surface area (Å²) in [5, 5.41) is 9.16. The monoisotopic (exact) mass is 816 g/mol. The summed E-state index contributed by atoms with van der Waals surface area (Å²) in [4.78, 5) is 10.5.